The van der Waals surface area contributed by atoms with Gasteiger partial charge < -0.3 is 14.7 Å². The first-order chi connectivity index (χ1) is 14.8. The maximum absolute atomic E-state index is 13.2. The highest BCUT2D eigenvalue weighted by atomic mass is 35.5. The molecule has 0 bridgehead atoms. The molecule has 1 aromatic carbocycles. The molecule has 0 N–H and O–H groups in total. The predicted octanol–water partition coefficient (Wildman–Crippen LogP) is 4.10. The third-order valence-electron chi connectivity index (χ3n) is 6.34. The van der Waals surface area contributed by atoms with E-state index in [0.29, 0.717) is 54.5 Å². The number of halogens is 2. The lowest BCUT2D eigenvalue weighted by atomic mass is 9.94. The number of likely N-dealkylation sites (tertiary alicyclic amines) is 2. The van der Waals surface area contributed by atoms with E-state index in [9.17, 15) is 14.4 Å². The van der Waals surface area contributed by atoms with Gasteiger partial charge in [0, 0.05) is 44.2 Å². The Hall–Kier alpha value is -1.79. The van der Waals surface area contributed by atoms with Gasteiger partial charge in [-0.15, -0.1) is 0 Å². The fourth-order valence-electron chi connectivity index (χ4n) is 4.46. The summed E-state index contributed by atoms with van der Waals surface area (Å²) in [5.41, 5.74) is 0.327. The van der Waals surface area contributed by atoms with Gasteiger partial charge in [-0.25, -0.2) is 0 Å². The van der Waals surface area contributed by atoms with Gasteiger partial charge in [-0.1, -0.05) is 36.5 Å². The minimum Gasteiger partial charge on any atom is -0.346 e. The smallest absolute Gasteiger partial charge is 0.256 e. The normalized spacial score (nSPS) is 19.5. The largest absolute Gasteiger partial charge is 0.346 e. The number of nitrogens with zero attached hydrogens (tertiary/aromatic N) is 3. The summed E-state index contributed by atoms with van der Waals surface area (Å²) in [4.78, 5) is 44.2. The lowest BCUT2D eigenvalue weighted by Gasteiger charge is -2.36. The van der Waals surface area contributed by atoms with E-state index >= 15 is 0 Å². The molecule has 3 rings (SSSR count). The van der Waals surface area contributed by atoms with Crippen LogP contribution in [0, 0.1) is 5.92 Å². The summed E-state index contributed by atoms with van der Waals surface area (Å²) in [5.74, 6) is -0.147. The Morgan fingerprint density at radius 1 is 1.10 bits per heavy atom. The molecule has 3 amide bonds. The molecule has 0 saturated carbocycles. The summed E-state index contributed by atoms with van der Waals surface area (Å²) in [6.45, 7) is 4.51. The van der Waals surface area contributed by atoms with Gasteiger partial charge in [-0.05, 0) is 50.3 Å². The van der Waals surface area contributed by atoms with E-state index in [-0.39, 0.29) is 23.6 Å². The Kier molecular flexibility index (Phi) is 8.23. The summed E-state index contributed by atoms with van der Waals surface area (Å²) < 4.78 is 0. The lowest BCUT2D eigenvalue weighted by Crippen LogP contribution is -2.51. The number of hydrogen-bond acceptors (Lipinski definition) is 3. The van der Waals surface area contributed by atoms with Crippen LogP contribution in [0.1, 0.15) is 55.8 Å². The van der Waals surface area contributed by atoms with E-state index in [1.165, 1.54) is 0 Å². The van der Waals surface area contributed by atoms with Crippen molar-refractivity contribution < 1.29 is 14.4 Å². The number of carbonyl (C=O) groups excluding carboxylic acids is 3. The molecule has 2 saturated heterocycles. The molecule has 31 heavy (non-hydrogen) atoms. The van der Waals surface area contributed by atoms with Crippen molar-refractivity contribution in [2.24, 2.45) is 5.92 Å². The highest BCUT2D eigenvalue weighted by Gasteiger charge is 2.39. The Balaban J connectivity index is 1.60. The molecule has 2 fully saturated rings. The zero-order chi connectivity index (χ0) is 22.5. The van der Waals surface area contributed by atoms with Gasteiger partial charge in [0.05, 0.1) is 10.6 Å². The van der Waals surface area contributed by atoms with Crippen molar-refractivity contribution in [1.29, 1.82) is 0 Å². The molecule has 2 heterocycles. The van der Waals surface area contributed by atoms with Crippen LogP contribution in [-0.2, 0) is 9.59 Å². The first kappa shape index (κ1) is 23.9. The Labute approximate surface area is 194 Å². The number of unbranched alkanes of at least 4 members (excludes halogenated alkanes) is 1. The zero-order valence-corrected chi connectivity index (χ0v) is 19.8. The molecule has 1 aromatic rings. The van der Waals surface area contributed by atoms with Crippen LogP contribution < -0.4 is 0 Å². The van der Waals surface area contributed by atoms with Crippen molar-refractivity contribution in [3.8, 4) is 0 Å². The van der Waals surface area contributed by atoms with E-state index < -0.39 is 6.04 Å². The van der Waals surface area contributed by atoms with Crippen molar-refractivity contribution in [3.05, 3.63) is 33.8 Å². The van der Waals surface area contributed by atoms with Crippen LogP contribution in [-0.4, -0.2) is 71.7 Å². The van der Waals surface area contributed by atoms with E-state index in [2.05, 4.69) is 6.92 Å². The van der Waals surface area contributed by atoms with Crippen LogP contribution in [0.15, 0.2) is 18.2 Å². The average Bonchev–Trinajstić information content (AvgIpc) is 3.27. The maximum atomic E-state index is 13.2. The molecular weight excluding hydrogens is 437 g/mol. The van der Waals surface area contributed by atoms with Crippen molar-refractivity contribution >= 4 is 40.9 Å². The fraction of sp³-hybridized carbons (Fsp3) is 0.609. The summed E-state index contributed by atoms with van der Waals surface area (Å²) in [6, 6.07) is 4.31. The van der Waals surface area contributed by atoms with E-state index in [0.717, 1.165) is 25.8 Å². The Morgan fingerprint density at radius 3 is 2.48 bits per heavy atom. The lowest BCUT2D eigenvalue weighted by molar-refractivity contribution is -0.141. The summed E-state index contributed by atoms with van der Waals surface area (Å²) >= 11 is 12.3. The number of carbonyl (C=O) groups is 3. The highest BCUT2D eigenvalue weighted by molar-refractivity contribution is 6.35. The topological polar surface area (TPSA) is 60.9 Å². The number of rotatable bonds is 6. The van der Waals surface area contributed by atoms with Crippen molar-refractivity contribution in [3.63, 3.8) is 0 Å². The van der Waals surface area contributed by atoms with Crippen LogP contribution in [0.4, 0.5) is 0 Å². The maximum Gasteiger partial charge on any atom is 0.256 e. The molecule has 2 aliphatic rings. The van der Waals surface area contributed by atoms with Crippen molar-refractivity contribution in [2.45, 2.75) is 51.5 Å². The number of hydrogen-bond donors (Lipinski definition) is 0. The third-order valence-corrected chi connectivity index (χ3v) is 6.90. The Morgan fingerprint density at radius 2 is 1.81 bits per heavy atom. The van der Waals surface area contributed by atoms with Crippen LogP contribution in [0.2, 0.25) is 10.0 Å². The molecule has 0 spiro atoms. The fourth-order valence-corrected chi connectivity index (χ4v) is 4.83. The molecule has 1 atom stereocenters. The van der Waals surface area contributed by atoms with Crippen LogP contribution in [0.3, 0.4) is 0 Å². The molecule has 0 aliphatic carbocycles. The number of piperidine rings is 1. The third kappa shape index (κ3) is 5.53. The number of amides is 3. The summed E-state index contributed by atoms with van der Waals surface area (Å²) in [5, 5.41) is 0.768. The predicted molar refractivity (Wildman–Crippen MR) is 122 cm³/mol. The van der Waals surface area contributed by atoms with Crippen LogP contribution in [0.5, 0.6) is 0 Å². The molecule has 1 unspecified atom stereocenters. The molecular formula is C23H31Cl2N3O3. The SMILES string of the molecule is CCCCN(C)C(=O)C1CCN(C(=O)C2CCCN2C(=O)c2cc(Cl)ccc2Cl)CC1. The zero-order valence-electron chi connectivity index (χ0n) is 18.3. The van der Waals surface area contributed by atoms with Crippen LogP contribution in [0.25, 0.3) is 0 Å². The van der Waals surface area contributed by atoms with Gasteiger partial charge in [0.25, 0.3) is 5.91 Å². The molecule has 0 aromatic heterocycles. The summed E-state index contributed by atoms with van der Waals surface area (Å²) in [6.07, 6.45) is 4.81. The van der Waals surface area contributed by atoms with Gasteiger partial charge in [-0.3, -0.25) is 14.4 Å². The Bertz CT molecular complexity index is 824. The van der Waals surface area contributed by atoms with Gasteiger partial charge >= 0.3 is 0 Å². The monoisotopic (exact) mass is 467 g/mol. The second kappa shape index (κ2) is 10.7. The molecule has 0 radical (unpaired) electrons. The minimum absolute atomic E-state index is 0.0301. The highest BCUT2D eigenvalue weighted by Crippen LogP contribution is 2.28. The van der Waals surface area contributed by atoms with Gasteiger partial charge in [0.1, 0.15) is 6.04 Å². The molecule has 2 aliphatic heterocycles. The van der Waals surface area contributed by atoms with E-state index in [1.54, 1.807) is 23.1 Å². The average molecular weight is 468 g/mol. The standard InChI is InChI=1S/C23H31Cl2N3O3/c1-3-4-11-26(2)21(29)16-9-13-27(14-10-16)23(31)20-6-5-12-28(20)22(30)18-15-17(24)7-8-19(18)25/h7-8,15-16,20H,3-6,9-14H2,1-2H3. The van der Waals surface area contributed by atoms with E-state index in [1.807, 2.05) is 16.8 Å². The van der Waals surface area contributed by atoms with Crippen LogP contribution >= 0.6 is 23.2 Å². The first-order valence-corrected chi connectivity index (χ1v) is 11.9. The minimum atomic E-state index is -0.484. The second-order valence-electron chi connectivity index (χ2n) is 8.49. The van der Waals surface area contributed by atoms with Crippen molar-refractivity contribution in [2.75, 3.05) is 33.2 Å². The van der Waals surface area contributed by atoms with Gasteiger partial charge in [-0.2, -0.15) is 0 Å². The van der Waals surface area contributed by atoms with E-state index in [4.69, 9.17) is 23.2 Å². The summed E-state index contributed by atoms with van der Waals surface area (Å²) in [7, 11) is 1.86. The van der Waals surface area contributed by atoms with Crippen molar-refractivity contribution in [1.82, 2.24) is 14.7 Å². The van der Waals surface area contributed by atoms with Gasteiger partial charge in [0.15, 0.2) is 0 Å². The quantitative estimate of drug-likeness (QED) is 0.632. The molecule has 170 valence electrons. The first-order valence-electron chi connectivity index (χ1n) is 11.1. The molecule has 8 heteroatoms. The second-order valence-corrected chi connectivity index (χ2v) is 9.34. The number of benzene rings is 1. The van der Waals surface area contributed by atoms with Gasteiger partial charge in [0.2, 0.25) is 11.8 Å². The molecule has 6 nitrogen and oxygen atoms in total.